The number of hydrogen-bond donors (Lipinski definition) is 0. The molecule has 96 valence electrons. The van der Waals surface area contributed by atoms with Gasteiger partial charge in [-0.1, -0.05) is 11.8 Å². The third-order valence-corrected chi connectivity index (χ3v) is 3.49. The number of ether oxygens (including phenoxy) is 1. The molecule has 18 heavy (non-hydrogen) atoms. The largest absolute Gasteiger partial charge is 0.494 e. The van der Waals surface area contributed by atoms with Crippen LogP contribution in [0.3, 0.4) is 0 Å². The zero-order valence-corrected chi connectivity index (χ0v) is 10.9. The van der Waals surface area contributed by atoms with Gasteiger partial charge >= 0.3 is 0 Å². The molecule has 1 atom stereocenters. The van der Waals surface area contributed by atoms with Gasteiger partial charge in [0.2, 0.25) is 11.9 Å². The van der Waals surface area contributed by atoms with Crippen LogP contribution in [0.25, 0.3) is 0 Å². The Hall–Kier alpha value is -1.63. The minimum Gasteiger partial charge on any atom is -0.494 e. The van der Waals surface area contributed by atoms with Crippen molar-refractivity contribution in [2.45, 2.75) is 18.6 Å². The average Bonchev–Trinajstić information content (AvgIpc) is 2.69. The third kappa shape index (κ3) is 2.79. The molecule has 2 heterocycles. The van der Waals surface area contributed by atoms with Crippen LogP contribution < -0.4 is 9.64 Å². The van der Waals surface area contributed by atoms with Crippen molar-refractivity contribution in [3.05, 3.63) is 12.4 Å². The van der Waals surface area contributed by atoms with Crippen molar-refractivity contribution in [3.8, 4) is 5.75 Å². The number of aromatic nitrogens is 2. The van der Waals surface area contributed by atoms with Crippen LogP contribution in [-0.2, 0) is 9.59 Å². The van der Waals surface area contributed by atoms with E-state index in [4.69, 9.17) is 4.74 Å². The highest BCUT2D eigenvalue weighted by molar-refractivity contribution is 8.14. The molecular formula is C11H13N3O3S. The summed E-state index contributed by atoms with van der Waals surface area (Å²) in [4.78, 5) is 32.5. The number of rotatable bonds is 3. The molecule has 1 aliphatic rings. The number of nitrogens with zero attached hydrogens (tertiary/aromatic N) is 3. The fraction of sp³-hybridized carbons (Fsp3) is 0.455. The van der Waals surface area contributed by atoms with E-state index in [1.54, 1.807) is 0 Å². The van der Waals surface area contributed by atoms with E-state index in [-0.39, 0.29) is 16.3 Å². The predicted octanol–water partition coefficient (Wildman–Crippen LogP) is 0.870. The Balaban J connectivity index is 2.08. The second-order valence-corrected chi connectivity index (χ2v) is 5.34. The summed E-state index contributed by atoms with van der Waals surface area (Å²) in [6.07, 6.45) is 3.38. The van der Waals surface area contributed by atoms with Crippen molar-refractivity contribution < 1.29 is 14.3 Å². The van der Waals surface area contributed by atoms with Crippen molar-refractivity contribution in [1.29, 1.82) is 0 Å². The maximum atomic E-state index is 11.8. The summed E-state index contributed by atoms with van der Waals surface area (Å²) in [6, 6.07) is 0. The van der Waals surface area contributed by atoms with E-state index in [1.807, 2.05) is 0 Å². The van der Waals surface area contributed by atoms with Gasteiger partial charge in [-0.15, -0.1) is 0 Å². The molecule has 1 aliphatic heterocycles. The maximum Gasteiger partial charge on any atom is 0.232 e. The molecule has 7 heteroatoms. The first-order chi connectivity index (χ1) is 8.60. The molecule has 1 fully saturated rings. The molecule has 0 bridgehead atoms. The van der Waals surface area contributed by atoms with E-state index in [9.17, 15) is 9.59 Å². The Bertz CT molecular complexity index is 463. The first-order valence-electron chi connectivity index (χ1n) is 5.43. The van der Waals surface area contributed by atoms with E-state index in [0.29, 0.717) is 24.7 Å². The maximum absolute atomic E-state index is 11.8. The Morgan fingerprint density at radius 1 is 1.50 bits per heavy atom. The summed E-state index contributed by atoms with van der Waals surface area (Å²) in [7, 11) is 1.53. The zero-order valence-electron chi connectivity index (χ0n) is 10.1. The molecule has 0 radical (unpaired) electrons. The lowest BCUT2D eigenvalue weighted by atomic mass is 10.4. The van der Waals surface area contributed by atoms with Gasteiger partial charge in [0.15, 0.2) is 10.9 Å². The molecule has 0 N–H and O–H groups in total. The van der Waals surface area contributed by atoms with Gasteiger partial charge in [-0.3, -0.25) is 14.5 Å². The molecule has 6 nitrogen and oxygen atoms in total. The van der Waals surface area contributed by atoms with Crippen molar-refractivity contribution in [2.24, 2.45) is 0 Å². The van der Waals surface area contributed by atoms with Gasteiger partial charge in [0, 0.05) is 25.1 Å². The Morgan fingerprint density at radius 2 is 2.17 bits per heavy atom. The number of methoxy groups -OCH3 is 1. The van der Waals surface area contributed by atoms with Gasteiger partial charge in [-0.2, -0.15) is 0 Å². The summed E-state index contributed by atoms with van der Waals surface area (Å²) in [5.74, 6) is 0.839. The Morgan fingerprint density at radius 3 is 2.72 bits per heavy atom. The van der Waals surface area contributed by atoms with Gasteiger partial charge < -0.3 is 4.74 Å². The molecule has 2 rings (SSSR count). The number of hydrogen-bond acceptors (Lipinski definition) is 6. The van der Waals surface area contributed by atoms with Crippen LogP contribution in [0.1, 0.15) is 13.3 Å². The number of anilines is 1. The molecule has 0 saturated carbocycles. The van der Waals surface area contributed by atoms with E-state index in [0.717, 1.165) is 0 Å². The summed E-state index contributed by atoms with van der Waals surface area (Å²) >= 11 is 1.19. The summed E-state index contributed by atoms with van der Waals surface area (Å²) in [5, 5.41) is 0.00556. The van der Waals surface area contributed by atoms with Crippen LogP contribution in [-0.4, -0.2) is 39.9 Å². The lowest BCUT2D eigenvalue weighted by Crippen LogP contribution is -2.26. The van der Waals surface area contributed by atoms with E-state index in [2.05, 4.69) is 9.97 Å². The highest BCUT2D eigenvalue weighted by atomic mass is 32.2. The standard InChI is InChI=1S/C11H13N3O3S/c1-7(15)18-9-3-10(16)14(6-9)11-12-4-8(17-2)5-13-11/h4-5,9H,3,6H2,1-2H3. The monoisotopic (exact) mass is 267 g/mol. The first-order valence-corrected chi connectivity index (χ1v) is 6.31. The lowest BCUT2D eigenvalue weighted by molar-refractivity contribution is -0.117. The minimum atomic E-state index is -0.0566. The quantitative estimate of drug-likeness (QED) is 0.809. The number of amides is 1. The van der Waals surface area contributed by atoms with Crippen LogP contribution in [0.5, 0.6) is 5.75 Å². The number of thioether (sulfide) groups is 1. The SMILES string of the molecule is COc1cnc(N2CC(SC(C)=O)CC2=O)nc1. The third-order valence-electron chi connectivity index (χ3n) is 2.51. The second-order valence-electron chi connectivity index (χ2n) is 3.86. The second kappa shape index (κ2) is 5.34. The molecule has 0 aliphatic carbocycles. The molecule has 1 saturated heterocycles. The van der Waals surface area contributed by atoms with Crippen LogP contribution in [0, 0.1) is 0 Å². The normalized spacial score (nSPS) is 19.1. The lowest BCUT2D eigenvalue weighted by Gasteiger charge is -2.13. The fourth-order valence-corrected chi connectivity index (χ4v) is 2.65. The van der Waals surface area contributed by atoms with Gasteiger partial charge in [0.1, 0.15) is 0 Å². The predicted molar refractivity (Wildman–Crippen MR) is 67.6 cm³/mol. The summed E-state index contributed by atoms with van der Waals surface area (Å²) in [6.45, 7) is 1.97. The molecule has 1 unspecified atom stereocenters. The Labute approximate surface area is 109 Å². The van der Waals surface area contributed by atoms with Crippen molar-refractivity contribution in [2.75, 3.05) is 18.6 Å². The Kier molecular flexibility index (Phi) is 3.81. The van der Waals surface area contributed by atoms with Gasteiger partial charge in [0.05, 0.1) is 19.5 Å². The van der Waals surface area contributed by atoms with Gasteiger partial charge in [-0.25, -0.2) is 9.97 Å². The highest BCUT2D eigenvalue weighted by Gasteiger charge is 2.33. The fourth-order valence-electron chi connectivity index (χ4n) is 1.74. The zero-order chi connectivity index (χ0) is 13.1. The van der Waals surface area contributed by atoms with Crippen molar-refractivity contribution >= 4 is 28.7 Å². The van der Waals surface area contributed by atoms with E-state index >= 15 is 0 Å². The van der Waals surface area contributed by atoms with Crippen molar-refractivity contribution in [3.63, 3.8) is 0 Å². The van der Waals surface area contributed by atoms with Gasteiger partial charge in [0.25, 0.3) is 0 Å². The molecule has 0 spiro atoms. The van der Waals surface area contributed by atoms with Crippen LogP contribution in [0.4, 0.5) is 5.95 Å². The summed E-state index contributed by atoms with van der Waals surface area (Å²) in [5.41, 5.74) is 0. The summed E-state index contributed by atoms with van der Waals surface area (Å²) < 4.78 is 4.96. The molecular weight excluding hydrogens is 254 g/mol. The first kappa shape index (κ1) is 12.8. The van der Waals surface area contributed by atoms with Crippen LogP contribution in [0.2, 0.25) is 0 Å². The van der Waals surface area contributed by atoms with E-state index in [1.165, 1.54) is 43.1 Å². The topological polar surface area (TPSA) is 72.4 Å². The van der Waals surface area contributed by atoms with Crippen LogP contribution >= 0.6 is 11.8 Å². The minimum absolute atomic E-state index is 0.0132. The smallest absolute Gasteiger partial charge is 0.232 e. The number of carbonyl (C=O) groups excluding carboxylic acids is 2. The molecule has 1 aromatic rings. The number of carbonyl (C=O) groups is 2. The van der Waals surface area contributed by atoms with E-state index < -0.39 is 0 Å². The molecule has 1 amide bonds. The molecule has 1 aromatic heterocycles. The van der Waals surface area contributed by atoms with Gasteiger partial charge in [-0.05, 0) is 0 Å². The average molecular weight is 267 g/mol. The highest BCUT2D eigenvalue weighted by Crippen LogP contribution is 2.26. The van der Waals surface area contributed by atoms with Crippen molar-refractivity contribution in [1.82, 2.24) is 9.97 Å². The van der Waals surface area contributed by atoms with Crippen LogP contribution in [0.15, 0.2) is 12.4 Å². The molecule has 0 aromatic carbocycles.